The first-order chi connectivity index (χ1) is 10.9. The number of nitrogens with one attached hydrogen (secondary N) is 2. The van der Waals surface area contributed by atoms with Crippen LogP contribution >= 0.6 is 12.2 Å². The molecule has 4 nitrogen and oxygen atoms in total. The van der Waals surface area contributed by atoms with Crippen molar-refractivity contribution in [2.75, 3.05) is 0 Å². The second kappa shape index (κ2) is 6.80. The van der Waals surface area contributed by atoms with Crippen molar-refractivity contribution in [1.29, 1.82) is 0 Å². The van der Waals surface area contributed by atoms with Crippen LogP contribution in [0.3, 0.4) is 0 Å². The van der Waals surface area contributed by atoms with Crippen molar-refractivity contribution in [1.82, 2.24) is 20.4 Å². The number of fused-ring (bicyclic) bond motifs is 1. The average Bonchev–Trinajstić information content (AvgIpc) is 2.93. The number of thiocarbonyl (C=S) groups is 1. The Hall–Kier alpha value is -1.10. The fourth-order valence-electron chi connectivity index (χ4n) is 3.92. The van der Waals surface area contributed by atoms with Crippen LogP contribution < -0.4 is 10.6 Å². The van der Waals surface area contributed by atoms with Gasteiger partial charge in [-0.2, -0.15) is 5.10 Å². The van der Waals surface area contributed by atoms with E-state index in [9.17, 15) is 0 Å². The predicted octanol–water partition coefficient (Wildman–Crippen LogP) is 3.81. The maximum Gasteiger partial charge on any atom is 0.166 e. The van der Waals surface area contributed by atoms with E-state index in [0.29, 0.717) is 12.1 Å². The first-order valence-corrected chi connectivity index (χ1v) is 9.50. The molecule has 2 N–H and O–H groups in total. The lowest BCUT2D eigenvalue weighted by atomic mass is 9.92. The lowest BCUT2D eigenvalue weighted by Gasteiger charge is -2.30. The Morgan fingerprint density at radius 3 is 2.57 bits per heavy atom. The summed E-state index contributed by atoms with van der Waals surface area (Å²) >= 11 is 5.58. The largest absolute Gasteiger partial charge is 0.360 e. The van der Waals surface area contributed by atoms with Crippen LogP contribution in [-0.2, 0) is 12.0 Å². The van der Waals surface area contributed by atoms with Gasteiger partial charge in [0.05, 0.1) is 17.8 Å². The smallest absolute Gasteiger partial charge is 0.166 e. The van der Waals surface area contributed by atoms with Gasteiger partial charge in [0.25, 0.3) is 0 Å². The van der Waals surface area contributed by atoms with Gasteiger partial charge in [0.15, 0.2) is 5.11 Å². The van der Waals surface area contributed by atoms with Gasteiger partial charge < -0.3 is 10.6 Å². The van der Waals surface area contributed by atoms with E-state index >= 15 is 0 Å². The standard InChI is InChI=1S/C18H30N4S/c1-18(2,3)22-16-11-7-10-15(14(16)12-19-22)21-17(23)20-13-8-5-4-6-9-13/h12-13,15H,4-11H2,1-3H3,(H2,20,21,23)/t15-/m1/s1. The van der Waals surface area contributed by atoms with E-state index < -0.39 is 0 Å². The Balaban J connectivity index is 1.66. The van der Waals surface area contributed by atoms with Gasteiger partial charge in [-0.05, 0) is 65.1 Å². The fraction of sp³-hybridized carbons (Fsp3) is 0.778. The molecule has 1 aromatic rings. The van der Waals surface area contributed by atoms with Gasteiger partial charge in [0.1, 0.15) is 0 Å². The molecule has 0 aromatic carbocycles. The molecule has 1 saturated carbocycles. The van der Waals surface area contributed by atoms with Crippen molar-refractivity contribution in [2.45, 2.75) is 89.8 Å². The molecule has 2 aliphatic carbocycles. The molecule has 0 unspecified atom stereocenters. The summed E-state index contributed by atoms with van der Waals surface area (Å²) in [6.07, 6.45) is 12.0. The molecule has 0 radical (unpaired) electrons. The number of rotatable bonds is 2. The summed E-state index contributed by atoms with van der Waals surface area (Å²) in [7, 11) is 0. The number of nitrogens with zero attached hydrogens (tertiary/aromatic N) is 2. The van der Waals surface area contributed by atoms with Crippen molar-refractivity contribution in [3.63, 3.8) is 0 Å². The van der Waals surface area contributed by atoms with Crippen LogP contribution in [0.2, 0.25) is 0 Å². The zero-order valence-electron chi connectivity index (χ0n) is 14.7. The minimum Gasteiger partial charge on any atom is -0.360 e. The van der Waals surface area contributed by atoms with E-state index in [1.54, 1.807) is 0 Å². The van der Waals surface area contributed by atoms with Crippen LogP contribution in [0.1, 0.15) is 83.0 Å². The monoisotopic (exact) mass is 334 g/mol. The summed E-state index contributed by atoms with van der Waals surface area (Å²) in [5, 5.41) is 12.6. The first kappa shape index (κ1) is 16.7. The van der Waals surface area contributed by atoms with Crippen molar-refractivity contribution < 1.29 is 0 Å². The van der Waals surface area contributed by atoms with Crippen LogP contribution in [0.15, 0.2) is 6.20 Å². The van der Waals surface area contributed by atoms with E-state index in [-0.39, 0.29) is 5.54 Å². The van der Waals surface area contributed by atoms with Gasteiger partial charge in [0.2, 0.25) is 0 Å². The van der Waals surface area contributed by atoms with Gasteiger partial charge in [-0.3, -0.25) is 4.68 Å². The van der Waals surface area contributed by atoms with Crippen molar-refractivity contribution >= 4 is 17.3 Å². The molecular formula is C18H30N4S. The zero-order valence-corrected chi connectivity index (χ0v) is 15.5. The fourth-order valence-corrected chi connectivity index (χ4v) is 4.23. The third-order valence-electron chi connectivity index (χ3n) is 5.06. The Kier molecular flexibility index (Phi) is 4.95. The lowest BCUT2D eigenvalue weighted by molar-refractivity contribution is 0.336. The summed E-state index contributed by atoms with van der Waals surface area (Å²) in [5.41, 5.74) is 2.75. The quantitative estimate of drug-likeness (QED) is 0.807. The minimum atomic E-state index is 0.0380. The highest BCUT2D eigenvalue weighted by atomic mass is 32.1. The second-order valence-electron chi connectivity index (χ2n) is 8.03. The summed E-state index contributed by atoms with van der Waals surface area (Å²) in [6.45, 7) is 6.64. The molecule has 0 spiro atoms. The molecule has 0 aliphatic heterocycles. The van der Waals surface area contributed by atoms with Crippen molar-refractivity contribution in [3.05, 3.63) is 17.5 Å². The molecule has 5 heteroatoms. The highest BCUT2D eigenvalue weighted by molar-refractivity contribution is 7.80. The van der Waals surface area contributed by atoms with Crippen molar-refractivity contribution in [3.8, 4) is 0 Å². The lowest BCUT2D eigenvalue weighted by Crippen LogP contribution is -2.44. The van der Waals surface area contributed by atoms with Gasteiger partial charge in [-0.1, -0.05) is 19.3 Å². The van der Waals surface area contributed by atoms with Gasteiger partial charge in [-0.25, -0.2) is 0 Å². The summed E-state index contributed by atoms with van der Waals surface area (Å²) in [5.74, 6) is 0. The van der Waals surface area contributed by atoms with Crippen LogP contribution in [0, 0.1) is 0 Å². The van der Waals surface area contributed by atoms with Crippen molar-refractivity contribution in [2.24, 2.45) is 0 Å². The second-order valence-corrected chi connectivity index (χ2v) is 8.44. The van der Waals surface area contributed by atoms with Gasteiger partial charge in [-0.15, -0.1) is 0 Å². The molecule has 1 aromatic heterocycles. The van der Waals surface area contributed by atoms with Gasteiger partial charge >= 0.3 is 0 Å². The van der Waals surface area contributed by atoms with E-state index in [4.69, 9.17) is 12.2 Å². The molecule has 1 atom stereocenters. The Morgan fingerprint density at radius 1 is 1.13 bits per heavy atom. The highest BCUT2D eigenvalue weighted by Gasteiger charge is 2.28. The molecule has 1 fully saturated rings. The predicted molar refractivity (Wildman–Crippen MR) is 98.6 cm³/mol. The molecule has 2 aliphatic rings. The molecule has 0 amide bonds. The van der Waals surface area contributed by atoms with Crippen LogP contribution in [0.5, 0.6) is 0 Å². The maximum absolute atomic E-state index is 5.58. The summed E-state index contributed by atoms with van der Waals surface area (Å²) in [4.78, 5) is 0. The van der Waals surface area contributed by atoms with E-state index in [1.165, 1.54) is 49.8 Å². The molecular weight excluding hydrogens is 304 g/mol. The molecule has 0 bridgehead atoms. The summed E-state index contributed by atoms with van der Waals surface area (Å²) in [6, 6.07) is 0.863. The average molecular weight is 335 g/mol. The number of aromatic nitrogens is 2. The number of hydrogen-bond donors (Lipinski definition) is 2. The Labute approximate surface area is 145 Å². The van der Waals surface area contributed by atoms with E-state index in [2.05, 4.69) is 41.2 Å². The first-order valence-electron chi connectivity index (χ1n) is 9.09. The number of hydrogen-bond acceptors (Lipinski definition) is 2. The molecule has 0 saturated heterocycles. The third kappa shape index (κ3) is 3.87. The van der Waals surface area contributed by atoms with E-state index in [1.807, 2.05) is 6.20 Å². The molecule has 3 rings (SSSR count). The minimum absolute atomic E-state index is 0.0380. The zero-order chi connectivity index (χ0) is 16.4. The van der Waals surface area contributed by atoms with Crippen LogP contribution in [0.4, 0.5) is 0 Å². The van der Waals surface area contributed by atoms with Gasteiger partial charge in [0, 0.05) is 17.3 Å². The Bertz CT molecular complexity index is 552. The normalized spacial score (nSPS) is 22.5. The molecule has 128 valence electrons. The third-order valence-corrected chi connectivity index (χ3v) is 5.30. The van der Waals surface area contributed by atoms with Crippen LogP contribution in [-0.4, -0.2) is 20.9 Å². The topological polar surface area (TPSA) is 41.9 Å². The molecule has 23 heavy (non-hydrogen) atoms. The SMILES string of the molecule is CC(C)(C)n1ncc2c1CCC[C@H]2NC(=S)NC1CCCCC1. The van der Waals surface area contributed by atoms with E-state index in [0.717, 1.165) is 18.0 Å². The summed E-state index contributed by atoms with van der Waals surface area (Å²) < 4.78 is 2.19. The maximum atomic E-state index is 5.58. The Morgan fingerprint density at radius 2 is 1.87 bits per heavy atom. The van der Waals surface area contributed by atoms with Crippen LogP contribution in [0.25, 0.3) is 0 Å². The highest BCUT2D eigenvalue weighted by Crippen LogP contribution is 2.32. The molecule has 1 heterocycles.